The van der Waals surface area contributed by atoms with Crippen LogP contribution in [0.15, 0.2) is 65.5 Å². The number of anilines is 1. The maximum Gasteiger partial charge on any atom is 0.337 e. The average Bonchev–Trinajstić information content (AvgIpc) is 2.77. The van der Waals surface area contributed by atoms with Crippen LogP contribution >= 0.6 is 11.6 Å². The second kappa shape index (κ2) is 8.48. The van der Waals surface area contributed by atoms with Crippen LogP contribution in [-0.4, -0.2) is 20.6 Å². The molecule has 1 atom stereocenters. The van der Waals surface area contributed by atoms with Crippen LogP contribution in [0, 0.1) is 6.92 Å². The molecule has 0 aliphatic carbocycles. The molecule has 0 saturated heterocycles. The van der Waals surface area contributed by atoms with E-state index < -0.39 is 5.97 Å². The van der Waals surface area contributed by atoms with Crippen LogP contribution in [0.3, 0.4) is 0 Å². The Labute approximate surface area is 190 Å². The average molecular weight is 448 g/mol. The van der Waals surface area contributed by atoms with Crippen LogP contribution in [0.2, 0.25) is 5.02 Å². The van der Waals surface area contributed by atoms with E-state index in [1.807, 2.05) is 56.3 Å². The van der Waals surface area contributed by atoms with Gasteiger partial charge in [-0.25, -0.2) is 9.78 Å². The molecule has 1 heterocycles. The van der Waals surface area contributed by atoms with Crippen molar-refractivity contribution in [2.45, 2.75) is 19.9 Å². The Kier molecular flexibility index (Phi) is 5.72. The number of carboxylic acid groups (broad SMARTS) is 1. The Morgan fingerprint density at radius 2 is 1.84 bits per heavy atom. The van der Waals surface area contributed by atoms with E-state index in [1.165, 1.54) is 6.07 Å². The van der Waals surface area contributed by atoms with Crippen LogP contribution < -0.4 is 10.9 Å². The summed E-state index contributed by atoms with van der Waals surface area (Å²) in [6, 6.07) is 17.7. The molecule has 32 heavy (non-hydrogen) atoms. The SMILES string of the molecule is Cc1cc([C@@H](C)Nc2ccc(Cl)cc2C(=O)O)c2nc(-c3ccccc3)n(C)c(=O)c2c1. The number of aromatic nitrogens is 2. The minimum Gasteiger partial charge on any atom is -0.478 e. The molecule has 0 radical (unpaired) electrons. The lowest BCUT2D eigenvalue weighted by Crippen LogP contribution is -2.22. The predicted octanol–water partition coefficient (Wildman–Crippen LogP) is 5.43. The summed E-state index contributed by atoms with van der Waals surface area (Å²) in [5, 5.41) is 13.7. The third kappa shape index (κ3) is 3.97. The number of benzene rings is 3. The number of halogens is 1. The molecule has 0 saturated carbocycles. The number of aryl methyl sites for hydroxylation is 1. The van der Waals surface area contributed by atoms with Crippen molar-refractivity contribution in [3.8, 4) is 11.4 Å². The fraction of sp³-hybridized carbons (Fsp3) is 0.160. The van der Waals surface area contributed by atoms with Gasteiger partial charge in [0.25, 0.3) is 5.56 Å². The lowest BCUT2D eigenvalue weighted by atomic mass is 10.00. The summed E-state index contributed by atoms with van der Waals surface area (Å²) in [6.07, 6.45) is 0. The van der Waals surface area contributed by atoms with E-state index in [4.69, 9.17) is 16.6 Å². The molecule has 1 aromatic heterocycles. The molecule has 3 aromatic carbocycles. The lowest BCUT2D eigenvalue weighted by Gasteiger charge is -2.20. The lowest BCUT2D eigenvalue weighted by molar-refractivity contribution is 0.0698. The summed E-state index contributed by atoms with van der Waals surface area (Å²) < 4.78 is 1.56. The van der Waals surface area contributed by atoms with Crippen molar-refractivity contribution in [2.24, 2.45) is 7.05 Å². The molecule has 0 amide bonds. The fourth-order valence-electron chi connectivity index (χ4n) is 3.86. The molecular weight excluding hydrogens is 426 g/mol. The number of rotatable bonds is 5. The molecule has 2 N–H and O–H groups in total. The first-order chi connectivity index (χ1) is 15.3. The smallest absolute Gasteiger partial charge is 0.337 e. The number of fused-ring (bicyclic) bond motifs is 1. The first-order valence-corrected chi connectivity index (χ1v) is 10.5. The summed E-state index contributed by atoms with van der Waals surface area (Å²) in [6.45, 7) is 3.83. The standard InChI is InChI=1S/C25H22ClN3O3/c1-14-11-18(15(2)27-21-10-9-17(26)13-19(21)25(31)32)22-20(12-14)24(30)29(3)23(28-22)16-7-5-4-6-8-16/h4-13,15,27H,1-3H3,(H,31,32)/t15-/m1/s1. The zero-order chi connectivity index (χ0) is 23.0. The van der Waals surface area contributed by atoms with Gasteiger partial charge in [0.05, 0.1) is 22.5 Å². The molecule has 4 aromatic rings. The topological polar surface area (TPSA) is 84.2 Å². The van der Waals surface area contributed by atoms with E-state index in [0.29, 0.717) is 27.4 Å². The van der Waals surface area contributed by atoms with Crippen LogP contribution in [0.5, 0.6) is 0 Å². The zero-order valence-electron chi connectivity index (χ0n) is 17.9. The van der Waals surface area contributed by atoms with E-state index in [1.54, 1.807) is 23.7 Å². The van der Waals surface area contributed by atoms with Gasteiger partial charge in [-0.15, -0.1) is 0 Å². The van der Waals surface area contributed by atoms with Gasteiger partial charge in [-0.3, -0.25) is 9.36 Å². The van der Waals surface area contributed by atoms with Gasteiger partial charge in [0.2, 0.25) is 0 Å². The van der Waals surface area contributed by atoms with Gasteiger partial charge < -0.3 is 10.4 Å². The summed E-state index contributed by atoms with van der Waals surface area (Å²) in [7, 11) is 1.72. The highest BCUT2D eigenvalue weighted by atomic mass is 35.5. The summed E-state index contributed by atoms with van der Waals surface area (Å²) in [4.78, 5) is 29.8. The first kappa shape index (κ1) is 21.6. The van der Waals surface area contributed by atoms with Crippen LogP contribution in [-0.2, 0) is 7.05 Å². The number of hydrogen-bond donors (Lipinski definition) is 2. The first-order valence-electron chi connectivity index (χ1n) is 10.1. The van der Waals surface area contributed by atoms with E-state index in [2.05, 4.69) is 5.32 Å². The third-order valence-electron chi connectivity index (χ3n) is 5.44. The molecular formula is C25H22ClN3O3. The monoisotopic (exact) mass is 447 g/mol. The highest BCUT2D eigenvalue weighted by molar-refractivity contribution is 6.31. The van der Waals surface area contributed by atoms with E-state index >= 15 is 0 Å². The summed E-state index contributed by atoms with van der Waals surface area (Å²) in [5.74, 6) is -0.507. The van der Waals surface area contributed by atoms with Crippen LogP contribution in [0.4, 0.5) is 5.69 Å². The Morgan fingerprint density at radius 3 is 2.53 bits per heavy atom. The highest BCUT2D eigenvalue weighted by Gasteiger charge is 2.19. The maximum absolute atomic E-state index is 13.2. The number of hydrogen-bond acceptors (Lipinski definition) is 4. The van der Waals surface area contributed by atoms with Gasteiger partial charge >= 0.3 is 5.97 Å². The molecule has 0 spiro atoms. The number of carboxylic acids is 1. The second-order valence-corrected chi connectivity index (χ2v) is 8.21. The van der Waals surface area contributed by atoms with Gasteiger partial charge in [0.1, 0.15) is 5.82 Å². The molecule has 6 nitrogen and oxygen atoms in total. The zero-order valence-corrected chi connectivity index (χ0v) is 18.6. The van der Waals surface area contributed by atoms with Gasteiger partial charge in [-0.05, 0) is 43.7 Å². The van der Waals surface area contributed by atoms with Crippen molar-refractivity contribution in [1.82, 2.24) is 9.55 Å². The minimum absolute atomic E-state index is 0.0788. The number of carbonyl (C=O) groups is 1. The van der Waals surface area contributed by atoms with Crippen molar-refractivity contribution >= 4 is 34.2 Å². The molecule has 0 bridgehead atoms. The van der Waals surface area contributed by atoms with Crippen molar-refractivity contribution < 1.29 is 9.90 Å². The molecule has 162 valence electrons. The summed E-state index contributed by atoms with van der Waals surface area (Å²) in [5.41, 5.74) is 3.54. The van der Waals surface area contributed by atoms with Crippen molar-refractivity contribution in [1.29, 1.82) is 0 Å². The Balaban J connectivity index is 1.88. The Morgan fingerprint density at radius 1 is 1.12 bits per heavy atom. The summed E-state index contributed by atoms with van der Waals surface area (Å²) >= 11 is 5.98. The van der Waals surface area contributed by atoms with Crippen LogP contribution in [0.1, 0.15) is 34.5 Å². The fourth-order valence-corrected chi connectivity index (χ4v) is 4.03. The van der Waals surface area contributed by atoms with Gasteiger partial charge in [0.15, 0.2) is 0 Å². The predicted molar refractivity (Wildman–Crippen MR) is 128 cm³/mol. The third-order valence-corrected chi connectivity index (χ3v) is 5.67. The van der Waals surface area contributed by atoms with Crippen molar-refractivity contribution in [2.75, 3.05) is 5.32 Å². The Bertz CT molecular complexity index is 1400. The second-order valence-electron chi connectivity index (χ2n) is 7.78. The number of nitrogens with one attached hydrogen (secondary N) is 1. The molecule has 4 rings (SSSR count). The largest absolute Gasteiger partial charge is 0.478 e. The Hall–Kier alpha value is -3.64. The van der Waals surface area contributed by atoms with E-state index in [-0.39, 0.29) is 17.2 Å². The van der Waals surface area contributed by atoms with Gasteiger partial charge in [0, 0.05) is 28.9 Å². The molecule has 0 fully saturated rings. The molecule has 7 heteroatoms. The minimum atomic E-state index is -1.07. The van der Waals surface area contributed by atoms with Gasteiger partial charge in [-0.2, -0.15) is 0 Å². The van der Waals surface area contributed by atoms with Gasteiger partial charge in [-0.1, -0.05) is 48.0 Å². The van der Waals surface area contributed by atoms with Crippen molar-refractivity contribution in [3.63, 3.8) is 0 Å². The number of aromatic carboxylic acids is 1. The normalized spacial score (nSPS) is 12.0. The quantitative estimate of drug-likeness (QED) is 0.426. The molecule has 0 aliphatic rings. The number of nitrogens with zero attached hydrogens (tertiary/aromatic N) is 2. The molecule has 0 unspecified atom stereocenters. The molecule has 0 aliphatic heterocycles. The maximum atomic E-state index is 13.2. The van der Waals surface area contributed by atoms with E-state index in [9.17, 15) is 14.7 Å². The highest BCUT2D eigenvalue weighted by Crippen LogP contribution is 2.30. The van der Waals surface area contributed by atoms with E-state index in [0.717, 1.165) is 16.7 Å². The van der Waals surface area contributed by atoms with Crippen molar-refractivity contribution in [3.05, 3.63) is 92.7 Å². The van der Waals surface area contributed by atoms with Crippen LogP contribution in [0.25, 0.3) is 22.3 Å².